The van der Waals surface area contributed by atoms with Crippen LogP contribution in [0.2, 0.25) is 0 Å². The molecule has 0 bridgehead atoms. The highest BCUT2D eigenvalue weighted by Gasteiger charge is 2.22. The van der Waals surface area contributed by atoms with Crippen molar-refractivity contribution in [2.45, 2.75) is 20.3 Å². The van der Waals surface area contributed by atoms with Gasteiger partial charge in [-0.25, -0.2) is 5.43 Å². The minimum atomic E-state index is -0.354. The summed E-state index contributed by atoms with van der Waals surface area (Å²) in [6, 6.07) is 15.2. The monoisotopic (exact) mass is 353 g/mol. The quantitative estimate of drug-likeness (QED) is 0.818. The Balaban J connectivity index is 1.91. The van der Waals surface area contributed by atoms with E-state index in [9.17, 15) is 9.59 Å². The van der Waals surface area contributed by atoms with E-state index >= 15 is 0 Å². The van der Waals surface area contributed by atoms with Gasteiger partial charge in [0.1, 0.15) is 0 Å². The number of nitrogens with one attached hydrogen (secondary N) is 1. The second kappa shape index (κ2) is 7.11. The van der Waals surface area contributed by atoms with E-state index in [4.69, 9.17) is 0 Å². The van der Waals surface area contributed by atoms with Crippen LogP contribution in [-0.2, 0) is 4.79 Å². The average Bonchev–Trinajstić information content (AvgIpc) is 2.57. The fourth-order valence-electron chi connectivity index (χ4n) is 2.85. The van der Waals surface area contributed by atoms with Gasteiger partial charge >= 0.3 is 0 Å². The van der Waals surface area contributed by atoms with Crippen molar-refractivity contribution < 1.29 is 9.59 Å². The second-order valence-electron chi connectivity index (χ2n) is 6.14. The second-order valence-corrected chi connectivity index (χ2v) is 6.52. The van der Waals surface area contributed by atoms with Crippen molar-refractivity contribution in [3.8, 4) is 0 Å². The number of carbonyl (C=O) groups excluding carboxylic acids is 2. The first-order valence-electron chi connectivity index (χ1n) is 8.02. The maximum Gasteiger partial charge on any atom is 0.287 e. The first-order chi connectivity index (χ1) is 12.0. The van der Waals surface area contributed by atoms with Gasteiger partial charge in [0.15, 0.2) is 0 Å². The van der Waals surface area contributed by atoms with E-state index in [1.807, 2.05) is 62.4 Å². The Morgan fingerprint density at radius 3 is 2.20 bits per heavy atom. The number of aryl methyl sites for hydroxylation is 1. The van der Waals surface area contributed by atoms with Crippen LogP contribution >= 0.6 is 12.6 Å². The van der Waals surface area contributed by atoms with Crippen molar-refractivity contribution >= 4 is 40.9 Å². The van der Waals surface area contributed by atoms with Gasteiger partial charge in [-0.3, -0.25) is 14.5 Å². The maximum absolute atomic E-state index is 12.0. The SMILES string of the molecule is Cc1ccc(N(C(=O)S)c2ccc(C3=NNC(=O)CC3C)cc2)cc1. The van der Waals surface area contributed by atoms with Gasteiger partial charge in [0.25, 0.3) is 5.24 Å². The number of hydrazone groups is 1. The minimum Gasteiger partial charge on any atom is -0.273 e. The molecule has 0 radical (unpaired) electrons. The predicted octanol–water partition coefficient (Wildman–Crippen LogP) is 4.04. The van der Waals surface area contributed by atoms with Crippen LogP contribution in [-0.4, -0.2) is 16.9 Å². The smallest absolute Gasteiger partial charge is 0.273 e. The number of hydrogen-bond donors (Lipinski definition) is 2. The summed E-state index contributed by atoms with van der Waals surface area (Å²) in [4.78, 5) is 24.9. The molecule has 128 valence electrons. The Morgan fingerprint density at radius 2 is 1.68 bits per heavy atom. The summed E-state index contributed by atoms with van der Waals surface area (Å²) in [7, 11) is 0. The molecule has 0 spiro atoms. The zero-order chi connectivity index (χ0) is 18.0. The highest BCUT2D eigenvalue weighted by molar-refractivity contribution is 7.97. The number of hydrogen-bond acceptors (Lipinski definition) is 3. The summed E-state index contributed by atoms with van der Waals surface area (Å²) in [5.41, 5.74) is 6.88. The Bertz CT molecular complexity index is 829. The average molecular weight is 353 g/mol. The van der Waals surface area contributed by atoms with E-state index in [1.54, 1.807) is 4.90 Å². The summed E-state index contributed by atoms with van der Waals surface area (Å²) in [6.07, 6.45) is 0.422. The van der Waals surface area contributed by atoms with Gasteiger partial charge < -0.3 is 0 Å². The molecule has 2 aromatic rings. The topological polar surface area (TPSA) is 61.8 Å². The van der Waals surface area contributed by atoms with Gasteiger partial charge in [0, 0.05) is 23.7 Å². The summed E-state index contributed by atoms with van der Waals surface area (Å²) in [6.45, 7) is 3.97. The third-order valence-electron chi connectivity index (χ3n) is 4.16. The number of nitrogens with zero attached hydrogens (tertiary/aromatic N) is 2. The van der Waals surface area contributed by atoms with Crippen LogP contribution in [0.3, 0.4) is 0 Å². The standard InChI is InChI=1S/C19H19N3O2S/c1-12-3-7-15(8-4-12)22(19(24)25)16-9-5-14(6-10-16)18-13(2)11-17(23)20-21-18/h3-10,13H,11H2,1-2H3,(H,20,23)(H,24,25). The molecule has 1 aliphatic heterocycles. The molecule has 1 unspecified atom stereocenters. The van der Waals surface area contributed by atoms with Crippen LogP contribution in [0.25, 0.3) is 0 Å². The first-order valence-corrected chi connectivity index (χ1v) is 8.47. The van der Waals surface area contributed by atoms with Crippen LogP contribution in [0.4, 0.5) is 16.2 Å². The zero-order valence-electron chi connectivity index (χ0n) is 14.1. The lowest BCUT2D eigenvalue weighted by Gasteiger charge is -2.22. The molecular formula is C19H19N3O2S. The lowest BCUT2D eigenvalue weighted by Crippen LogP contribution is -2.32. The fourth-order valence-corrected chi connectivity index (χ4v) is 3.08. The zero-order valence-corrected chi connectivity index (χ0v) is 15.0. The highest BCUT2D eigenvalue weighted by atomic mass is 32.1. The van der Waals surface area contributed by atoms with E-state index in [0.29, 0.717) is 6.42 Å². The molecule has 0 aliphatic carbocycles. The van der Waals surface area contributed by atoms with Gasteiger partial charge in [-0.15, -0.1) is 0 Å². The molecular weight excluding hydrogens is 334 g/mol. The first kappa shape index (κ1) is 17.2. The van der Waals surface area contributed by atoms with Crippen molar-refractivity contribution in [3.63, 3.8) is 0 Å². The van der Waals surface area contributed by atoms with Crippen molar-refractivity contribution in [2.75, 3.05) is 4.90 Å². The van der Waals surface area contributed by atoms with Gasteiger partial charge in [-0.2, -0.15) is 5.10 Å². The number of thiol groups is 1. The van der Waals surface area contributed by atoms with E-state index in [2.05, 4.69) is 23.2 Å². The number of benzene rings is 2. The van der Waals surface area contributed by atoms with E-state index < -0.39 is 0 Å². The Hall–Kier alpha value is -2.60. The normalized spacial score (nSPS) is 16.8. The molecule has 2 amide bonds. The lowest BCUT2D eigenvalue weighted by molar-refractivity contribution is -0.121. The van der Waals surface area contributed by atoms with E-state index in [-0.39, 0.29) is 17.1 Å². The van der Waals surface area contributed by atoms with Gasteiger partial charge in [-0.1, -0.05) is 49.4 Å². The molecule has 1 heterocycles. The molecule has 1 atom stereocenters. The largest absolute Gasteiger partial charge is 0.287 e. The molecule has 0 saturated heterocycles. The van der Waals surface area contributed by atoms with Crippen LogP contribution < -0.4 is 10.3 Å². The lowest BCUT2D eigenvalue weighted by atomic mass is 9.94. The molecule has 6 heteroatoms. The van der Waals surface area contributed by atoms with Crippen molar-refractivity contribution in [1.82, 2.24) is 5.43 Å². The van der Waals surface area contributed by atoms with E-state index in [1.165, 1.54) is 0 Å². The summed E-state index contributed by atoms with van der Waals surface area (Å²) in [5.74, 6) is -0.0154. The summed E-state index contributed by atoms with van der Waals surface area (Å²) >= 11 is 4.01. The minimum absolute atomic E-state index is 0.0549. The number of carbonyl (C=O) groups is 2. The van der Waals surface area contributed by atoms with Crippen molar-refractivity contribution in [3.05, 3.63) is 59.7 Å². The Kier molecular flexibility index (Phi) is 4.90. The maximum atomic E-state index is 12.0. The number of amides is 2. The Morgan fingerprint density at radius 1 is 1.12 bits per heavy atom. The van der Waals surface area contributed by atoms with Crippen molar-refractivity contribution in [2.24, 2.45) is 11.0 Å². The number of rotatable bonds is 3. The van der Waals surface area contributed by atoms with Crippen LogP contribution in [0.5, 0.6) is 0 Å². The third-order valence-corrected chi connectivity index (χ3v) is 4.36. The van der Waals surface area contributed by atoms with Gasteiger partial charge in [-0.05, 0) is 36.8 Å². The van der Waals surface area contributed by atoms with Gasteiger partial charge in [0.05, 0.1) is 5.71 Å². The summed E-state index contributed by atoms with van der Waals surface area (Å²) in [5, 5.41) is 3.81. The van der Waals surface area contributed by atoms with Crippen LogP contribution in [0, 0.1) is 12.8 Å². The predicted molar refractivity (Wildman–Crippen MR) is 103 cm³/mol. The summed E-state index contributed by atoms with van der Waals surface area (Å²) < 4.78 is 0. The molecule has 25 heavy (non-hydrogen) atoms. The fraction of sp³-hybridized carbons (Fsp3) is 0.211. The highest BCUT2D eigenvalue weighted by Crippen LogP contribution is 2.28. The molecule has 1 aliphatic rings. The molecule has 1 N–H and O–H groups in total. The van der Waals surface area contributed by atoms with Crippen LogP contribution in [0.1, 0.15) is 24.5 Å². The molecule has 3 rings (SSSR count). The van der Waals surface area contributed by atoms with Crippen molar-refractivity contribution in [1.29, 1.82) is 0 Å². The molecule has 0 fully saturated rings. The molecule has 5 nitrogen and oxygen atoms in total. The van der Waals surface area contributed by atoms with Gasteiger partial charge in [0.2, 0.25) is 5.91 Å². The number of anilines is 2. The Labute approximate surface area is 152 Å². The van der Waals surface area contributed by atoms with E-state index in [0.717, 1.165) is 28.2 Å². The molecule has 0 aromatic heterocycles. The molecule has 2 aromatic carbocycles. The molecule has 0 saturated carbocycles. The van der Waals surface area contributed by atoms with Crippen LogP contribution in [0.15, 0.2) is 53.6 Å². The third kappa shape index (κ3) is 3.74.